The zero-order chi connectivity index (χ0) is 25.4. The summed E-state index contributed by atoms with van der Waals surface area (Å²) in [5, 5.41) is 41.6. The van der Waals surface area contributed by atoms with Crippen molar-refractivity contribution in [2.24, 2.45) is 10.9 Å². The predicted molar refractivity (Wildman–Crippen MR) is 140 cm³/mol. The molecule has 10 heteroatoms. The first-order valence-electron chi connectivity index (χ1n) is 12.6. The number of aromatic nitrogens is 2. The fraction of sp³-hybridized carbons (Fsp3) is 0.370. The number of ether oxygens (including phenoxy) is 1. The summed E-state index contributed by atoms with van der Waals surface area (Å²) in [4.78, 5) is 13.8. The van der Waals surface area contributed by atoms with Crippen LogP contribution in [-0.2, 0) is 0 Å². The third-order valence-corrected chi connectivity index (χ3v) is 7.02. The highest BCUT2D eigenvalue weighted by Crippen LogP contribution is 2.29. The van der Waals surface area contributed by atoms with E-state index in [9.17, 15) is 15.3 Å². The summed E-state index contributed by atoms with van der Waals surface area (Å²) < 4.78 is 5.80. The summed E-state index contributed by atoms with van der Waals surface area (Å²) in [7, 11) is 0. The van der Waals surface area contributed by atoms with Gasteiger partial charge in [0.15, 0.2) is 0 Å². The van der Waals surface area contributed by atoms with Gasteiger partial charge in [0.25, 0.3) is 0 Å². The molecule has 3 heterocycles. The maximum Gasteiger partial charge on any atom is 0.215 e. The van der Waals surface area contributed by atoms with Crippen molar-refractivity contribution in [1.29, 1.82) is 0 Å². The number of benzene rings is 1. The first-order valence-corrected chi connectivity index (χ1v) is 12.6. The minimum atomic E-state index is -1.02. The molecule has 6 rings (SSSR count). The molecule has 2 saturated carbocycles. The molecule has 0 radical (unpaired) electrons. The van der Waals surface area contributed by atoms with E-state index in [1.165, 1.54) is 0 Å². The van der Waals surface area contributed by atoms with Gasteiger partial charge in [-0.15, -0.1) is 0 Å². The molecule has 0 saturated heterocycles. The lowest BCUT2D eigenvalue weighted by Crippen LogP contribution is -2.47. The van der Waals surface area contributed by atoms with E-state index in [-0.39, 0.29) is 12.7 Å². The SMILES string of the molecule is OC[C@H]1C[C@@H](NC2=C(c3ccc4ccccc4n3)CN=C(Nc3ccnc(OC4CC4)c3)N2)[C@H](O)[C@@H]1O. The highest BCUT2D eigenvalue weighted by molar-refractivity contribution is 5.98. The Labute approximate surface area is 214 Å². The number of anilines is 1. The number of guanidine groups is 1. The van der Waals surface area contributed by atoms with Gasteiger partial charge in [-0.2, -0.15) is 0 Å². The second-order valence-electron chi connectivity index (χ2n) is 9.77. The van der Waals surface area contributed by atoms with Gasteiger partial charge >= 0.3 is 0 Å². The quantitative estimate of drug-likeness (QED) is 0.284. The number of aliphatic imine (C=N–C) groups is 1. The van der Waals surface area contributed by atoms with E-state index in [4.69, 9.17) is 14.7 Å². The fourth-order valence-corrected chi connectivity index (χ4v) is 4.79. The molecule has 1 aliphatic heterocycles. The van der Waals surface area contributed by atoms with E-state index in [1.807, 2.05) is 48.5 Å². The lowest BCUT2D eigenvalue weighted by Gasteiger charge is -2.28. The van der Waals surface area contributed by atoms with Crippen molar-refractivity contribution >= 4 is 28.1 Å². The predicted octanol–water partition coefficient (Wildman–Crippen LogP) is 1.60. The second kappa shape index (κ2) is 9.97. The van der Waals surface area contributed by atoms with Crippen molar-refractivity contribution in [3.8, 4) is 5.88 Å². The highest BCUT2D eigenvalue weighted by Gasteiger charge is 2.41. The molecular weight excluding hydrogens is 472 g/mol. The number of aliphatic hydroxyl groups excluding tert-OH is 3. The molecule has 0 amide bonds. The molecule has 2 aromatic heterocycles. The Morgan fingerprint density at radius 1 is 1.05 bits per heavy atom. The molecule has 10 nitrogen and oxygen atoms in total. The van der Waals surface area contributed by atoms with Crippen LogP contribution in [0, 0.1) is 5.92 Å². The van der Waals surface area contributed by atoms with Crippen molar-refractivity contribution in [3.63, 3.8) is 0 Å². The van der Waals surface area contributed by atoms with Gasteiger partial charge in [0.1, 0.15) is 18.0 Å². The van der Waals surface area contributed by atoms with Gasteiger partial charge in [-0.25, -0.2) is 15.0 Å². The number of nitrogens with one attached hydrogen (secondary N) is 3. The van der Waals surface area contributed by atoms with Crippen molar-refractivity contribution in [2.75, 3.05) is 18.5 Å². The van der Waals surface area contributed by atoms with Crippen LogP contribution in [0.15, 0.2) is 65.5 Å². The van der Waals surface area contributed by atoms with Crippen LogP contribution in [0.3, 0.4) is 0 Å². The number of rotatable bonds is 7. The molecule has 4 atom stereocenters. The number of hydrogen-bond acceptors (Lipinski definition) is 10. The molecule has 0 unspecified atom stereocenters. The van der Waals surface area contributed by atoms with Crippen molar-refractivity contribution in [1.82, 2.24) is 20.6 Å². The highest BCUT2D eigenvalue weighted by atomic mass is 16.5. The minimum Gasteiger partial charge on any atom is -0.474 e. The number of nitrogens with zero attached hydrogens (tertiary/aromatic N) is 3. The number of hydrogen-bond donors (Lipinski definition) is 6. The third-order valence-electron chi connectivity index (χ3n) is 7.02. The Morgan fingerprint density at radius 2 is 1.92 bits per heavy atom. The van der Waals surface area contributed by atoms with Crippen LogP contribution in [0.1, 0.15) is 25.0 Å². The van der Waals surface area contributed by atoms with Gasteiger partial charge in [-0.3, -0.25) is 0 Å². The molecule has 37 heavy (non-hydrogen) atoms. The zero-order valence-corrected chi connectivity index (χ0v) is 20.2. The fourth-order valence-electron chi connectivity index (χ4n) is 4.79. The smallest absolute Gasteiger partial charge is 0.215 e. The van der Waals surface area contributed by atoms with Gasteiger partial charge in [-0.05, 0) is 37.5 Å². The van der Waals surface area contributed by atoms with Crippen LogP contribution in [0.4, 0.5) is 5.69 Å². The van der Waals surface area contributed by atoms with E-state index in [1.54, 1.807) is 6.20 Å². The van der Waals surface area contributed by atoms with Gasteiger partial charge < -0.3 is 36.0 Å². The lowest BCUT2D eigenvalue weighted by molar-refractivity contribution is 0.000577. The van der Waals surface area contributed by atoms with Crippen LogP contribution >= 0.6 is 0 Å². The van der Waals surface area contributed by atoms with E-state index in [2.05, 4.69) is 20.9 Å². The molecule has 192 valence electrons. The second-order valence-corrected chi connectivity index (χ2v) is 9.77. The Morgan fingerprint density at radius 3 is 2.73 bits per heavy atom. The Hall–Kier alpha value is -3.73. The first kappa shape index (κ1) is 23.7. The monoisotopic (exact) mass is 502 g/mol. The normalized spacial score (nSPS) is 25.5. The average Bonchev–Trinajstić information content (AvgIpc) is 3.69. The van der Waals surface area contributed by atoms with Gasteiger partial charge in [0.2, 0.25) is 11.8 Å². The molecule has 2 aliphatic carbocycles. The molecule has 3 aliphatic rings. The molecule has 1 aromatic carbocycles. The van der Waals surface area contributed by atoms with Crippen LogP contribution in [-0.4, -0.2) is 68.8 Å². The van der Waals surface area contributed by atoms with Gasteiger partial charge in [0.05, 0.1) is 29.9 Å². The van der Waals surface area contributed by atoms with Crippen LogP contribution in [0.2, 0.25) is 0 Å². The molecular formula is C27H30N6O4. The summed E-state index contributed by atoms with van der Waals surface area (Å²) in [6.45, 7) is 0.151. The Bertz CT molecular complexity index is 1360. The lowest BCUT2D eigenvalue weighted by atomic mass is 10.1. The largest absolute Gasteiger partial charge is 0.474 e. The average molecular weight is 503 g/mol. The maximum atomic E-state index is 10.6. The number of aliphatic hydroxyl groups is 3. The summed E-state index contributed by atoms with van der Waals surface area (Å²) in [5.41, 5.74) is 3.24. The van der Waals surface area contributed by atoms with Crippen LogP contribution in [0.25, 0.3) is 16.5 Å². The Balaban J connectivity index is 1.27. The molecule has 2 fully saturated rings. The zero-order valence-electron chi connectivity index (χ0n) is 20.2. The standard InChI is InChI=1S/C27H30N6O4/c34-14-16-11-22(25(36)24(16)35)32-26-19(21-8-5-15-3-1-2-4-20(15)31-21)13-29-27(33-26)30-17-9-10-28-23(12-17)37-18-6-7-18/h1-5,8-10,12,16,18,22,24-25,32,34-36H,6-7,11,13-14H2,(H2,28,29,30,33)/t16-,22-,24-,25+/m1/s1. The summed E-state index contributed by atoms with van der Waals surface area (Å²) in [5.74, 6) is 1.32. The molecule has 0 spiro atoms. The van der Waals surface area contributed by atoms with E-state index in [0.29, 0.717) is 30.6 Å². The summed E-state index contributed by atoms with van der Waals surface area (Å²) >= 11 is 0. The van der Waals surface area contributed by atoms with Crippen molar-refractivity contribution < 1.29 is 20.1 Å². The van der Waals surface area contributed by atoms with Crippen molar-refractivity contribution in [3.05, 3.63) is 66.2 Å². The molecule has 3 aromatic rings. The number of fused-ring (bicyclic) bond motifs is 1. The third kappa shape index (κ3) is 5.08. The van der Waals surface area contributed by atoms with Crippen molar-refractivity contribution in [2.45, 2.75) is 43.6 Å². The topological polar surface area (TPSA) is 144 Å². The van der Waals surface area contributed by atoms with E-state index >= 15 is 0 Å². The van der Waals surface area contributed by atoms with E-state index < -0.39 is 24.2 Å². The van der Waals surface area contributed by atoms with Gasteiger partial charge in [-0.1, -0.05) is 24.3 Å². The van der Waals surface area contributed by atoms with Crippen LogP contribution < -0.4 is 20.7 Å². The summed E-state index contributed by atoms with van der Waals surface area (Å²) in [6, 6.07) is 15.1. The summed E-state index contributed by atoms with van der Waals surface area (Å²) in [6.07, 6.45) is 2.45. The number of pyridine rings is 2. The Kier molecular flexibility index (Phi) is 6.37. The molecule has 6 N–H and O–H groups in total. The first-order chi connectivity index (χ1) is 18.1. The molecule has 0 bridgehead atoms. The van der Waals surface area contributed by atoms with Crippen LogP contribution in [0.5, 0.6) is 5.88 Å². The van der Waals surface area contributed by atoms with Gasteiger partial charge in [0, 0.05) is 41.4 Å². The van der Waals surface area contributed by atoms with E-state index in [0.717, 1.165) is 40.7 Å². The maximum absolute atomic E-state index is 10.6. The number of para-hydroxylation sites is 1. The minimum absolute atomic E-state index is 0.191.